The van der Waals surface area contributed by atoms with Crippen LogP contribution >= 0.6 is 0 Å². The van der Waals surface area contributed by atoms with Gasteiger partial charge in [-0.05, 0) is 42.8 Å². The summed E-state index contributed by atoms with van der Waals surface area (Å²) in [5, 5.41) is 14.6. The first-order chi connectivity index (χ1) is 10.1. The number of carbonyl (C=O) groups is 1. The zero-order chi connectivity index (χ0) is 15.2. The standard InChI is InChI=1S/C16H16N2O3/c1-11(18-20)12-6-8-14(9-7-12)17-16(19)13-4-3-5-15(10-13)21-2/h3-10,20H,1-2H3,(H,17,19)/b18-11+. The van der Waals surface area contributed by atoms with Gasteiger partial charge in [-0.1, -0.05) is 23.4 Å². The van der Waals surface area contributed by atoms with E-state index in [1.807, 2.05) is 0 Å². The molecule has 0 bridgehead atoms. The van der Waals surface area contributed by atoms with E-state index in [4.69, 9.17) is 9.94 Å². The molecular formula is C16H16N2O3. The molecule has 21 heavy (non-hydrogen) atoms. The molecule has 0 radical (unpaired) electrons. The van der Waals surface area contributed by atoms with Gasteiger partial charge >= 0.3 is 0 Å². The first-order valence-corrected chi connectivity index (χ1v) is 6.38. The van der Waals surface area contributed by atoms with Crippen LogP contribution in [0.15, 0.2) is 53.7 Å². The summed E-state index contributed by atoms with van der Waals surface area (Å²) >= 11 is 0. The highest BCUT2D eigenvalue weighted by atomic mass is 16.5. The smallest absolute Gasteiger partial charge is 0.255 e. The number of hydrogen-bond acceptors (Lipinski definition) is 4. The minimum atomic E-state index is -0.214. The van der Waals surface area contributed by atoms with E-state index in [-0.39, 0.29) is 5.91 Å². The quantitative estimate of drug-likeness (QED) is 0.514. The van der Waals surface area contributed by atoms with Gasteiger partial charge in [0.1, 0.15) is 5.75 Å². The number of anilines is 1. The Morgan fingerprint density at radius 2 is 1.86 bits per heavy atom. The lowest BCUT2D eigenvalue weighted by atomic mass is 10.1. The fourth-order valence-corrected chi connectivity index (χ4v) is 1.82. The number of nitrogens with one attached hydrogen (secondary N) is 1. The molecule has 5 heteroatoms. The second-order valence-electron chi connectivity index (χ2n) is 4.45. The number of methoxy groups -OCH3 is 1. The molecule has 5 nitrogen and oxygen atoms in total. The van der Waals surface area contributed by atoms with Crippen molar-refractivity contribution in [1.82, 2.24) is 0 Å². The zero-order valence-corrected chi connectivity index (χ0v) is 11.8. The summed E-state index contributed by atoms with van der Waals surface area (Å²) in [6, 6.07) is 14.0. The predicted molar refractivity (Wildman–Crippen MR) is 81.4 cm³/mol. The van der Waals surface area contributed by atoms with Crippen LogP contribution in [-0.2, 0) is 0 Å². The van der Waals surface area contributed by atoms with Gasteiger partial charge in [0.15, 0.2) is 0 Å². The molecule has 0 aliphatic heterocycles. The first-order valence-electron chi connectivity index (χ1n) is 6.38. The summed E-state index contributed by atoms with van der Waals surface area (Å²) in [5.74, 6) is 0.418. The highest BCUT2D eigenvalue weighted by Gasteiger charge is 2.07. The number of hydrogen-bond donors (Lipinski definition) is 2. The van der Waals surface area contributed by atoms with E-state index < -0.39 is 0 Å². The molecule has 0 saturated heterocycles. The third kappa shape index (κ3) is 3.60. The maximum absolute atomic E-state index is 12.1. The van der Waals surface area contributed by atoms with Crippen molar-refractivity contribution in [2.24, 2.45) is 5.16 Å². The summed E-state index contributed by atoms with van der Waals surface area (Å²) in [4.78, 5) is 12.1. The van der Waals surface area contributed by atoms with Gasteiger partial charge < -0.3 is 15.3 Å². The average molecular weight is 284 g/mol. The van der Waals surface area contributed by atoms with Gasteiger partial charge in [0.25, 0.3) is 5.91 Å². The Balaban J connectivity index is 2.12. The number of oxime groups is 1. The van der Waals surface area contributed by atoms with Gasteiger partial charge in [-0.3, -0.25) is 4.79 Å². The largest absolute Gasteiger partial charge is 0.497 e. The molecule has 0 unspecified atom stereocenters. The Hall–Kier alpha value is -2.82. The van der Waals surface area contributed by atoms with Gasteiger partial charge in [0, 0.05) is 11.3 Å². The van der Waals surface area contributed by atoms with Crippen LogP contribution in [0, 0.1) is 0 Å². The molecule has 2 aromatic rings. The van der Waals surface area contributed by atoms with Crippen LogP contribution in [-0.4, -0.2) is 23.9 Å². The van der Waals surface area contributed by atoms with E-state index in [9.17, 15) is 4.79 Å². The van der Waals surface area contributed by atoms with Gasteiger partial charge in [0.2, 0.25) is 0 Å². The van der Waals surface area contributed by atoms with Crippen molar-refractivity contribution in [3.8, 4) is 5.75 Å². The van der Waals surface area contributed by atoms with Gasteiger partial charge in [-0.2, -0.15) is 0 Å². The van der Waals surface area contributed by atoms with Crippen LogP contribution in [0.4, 0.5) is 5.69 Å². The van der Waals surface area contributed by atoms with Crippen molar-refractivity contribution in [3.05, 3.63) is 59.7 Å². The third-order valence-electron chi connectivity index (χ3n) is 3.04. The number of carbonyl (C=O) groups excluding carboxylic acids is 1. The van der Waals surface area contributed by atoms with Crippen molar-refractivity contribution < 1.29 is 14.7 Å². The predicted octanol–water partition coefficient (Wildman–Crippen LogP) is 3.15. The lowest BCUT2D eigenvalue weighted by molar-refractivity contribution is 0.102. The molecule has 0 aromatic heterocycles. The molecule has 0 heterocycles. The second kappa shape index (κ2) is 6.56. The molecule has 0 aliphatic rings. The van der Waals surface area contributed by atoms with Crippen LogP contribution in [0.3, 0.4) is 0 Å². The van der Waals surface area contributed by atoms with Crippen LogP contribution in [0.5, 0.6) is 5.75 Å². The number of amides is 1. The molecule has 2 N–H and O–H groups in total. The van der Waals surface area contributed by atoms with Crippen molar-refractivity contribution in [3.63, 3.8) is 0 Å². The molecule has 2 rings (SSSR count). The second-order valence-corrected chi connectivity index (χ2v) is 4.45. The van der Waals surface area contributed by atoms with Crippen LogP contribution in [0.2, 0.25) is 0 Å². The van der Waals surface area contributed by atoms with Crippen LogP contribution in [0.1, 0.15) is 22.8 Å². The fraction of sp³-hybridized carbons (Fsp3) is 0.125. The zero-order valence-electron chi connectivity index (χ0n) is 11.8. The third-order valence-corrected chi connectivity index (χ3v) is 3.04. The summed E-state index contributed by atoms with van der Waals surface area (Å²) in [7, 11) is 1.56. The van der Waals surface area contributed by atoms with E-state index in [0.29, 0.717) is 22.7 Å². The van der Waals surface area contributed by atoms with Crippen molar-refractivity contribution >= 4 is 17.3 Å². The van der Waals surface area contributed by atoms with Gasteiger partial charge in [-0.25, -0.2) is 0 Å². The van der Waals surface area contributed by atoms with Crippen molar-refractivity contribution in [2.45, 2.75) is 6.92 Å². The lowest BCUT2D eigenvalue weighted by Gasteiger charge is -2.07. The maximum atomic E-state index is 12.1. The summed E-state index contributed by atoms with van der Waals surface area (Å²) < 4.78 is 5.09. The molecule has 2 aromatic carbocycles. The van der Waals surface area contributed by atoms with Gasteiger partial charge in [-0.15, -0.1) is 0 Å². The number of benzene rings is 2. The number of ether oxygens (including phenoxy) is 1. The summed E-state index contributed by atoms with van der Waals surface area (Å²) in [6.45, 7) is 1.70. The normalized spacial score (nSPS) is 11.0. The Morgan fingerprint density at radius 1 is 1.14 bits per heavy atom. The maximum Gasteiger partial charge on any atom is 0.255 e. The molecule has 0 saturated carbocycles. The van der Waals surface area contributed by atoms with Crippen molar-refractivity contribution in [2.75, 3.05) is 12.4 Å². The lowest BCUT2D eigenvalue weighted by Crippen LogP contribution is -2.12. The SMILES string of the molecule is COc1cccc(C(=O)Nc2ccc(/C(C)=N/O)cc2)c1. The minimum Gasteiger partial charge on any atom is -0.497 e. The van der Waals surface area contributed by atoms with E-state index in [2.05, 4.69) is 10.5 Å². The molecule has 0 atom stereocenters. The first kappa shape index (κ1) is 14.6. The summed E-state index contributed by atoms with van der Waals surface area (Å²) in [5.41, 5.74) is 2.49. The van der Waals surface area contributed by atoms with Gasteiger partial charge in [0.05, 0.1) is 12.8 Å². The van der Waals surface area contributed by atoms with Crippen molar-refractivity contribution in [1.29, 1.82) is 0 Å². The molecular weight excluding hydrogens is 268 g/mol. The highest BCUT2D eigenvalue weighted by molar-refractivity contribution is 6.05. The Morgan fingerprint density at radius 3 is 2.48 bits per heavy atom. The minimum absolute atomic E-state index is 0.214. The molecule has 0 fully saturated rings. The summed E-state index contributed by atoms with van der Waals surface area (Å²) in [6.07, 6.45) is 0. The Kier molecular flexibility index (Phi) is 4.56. The van der Waals surface area contributed by atoms with E-state index in [1.165, 1.54) is 0 Å². The number of rotatable bonds is 4. The van der Waals surface area contributed by atoms with E-state index >= 15 is 0 Å². The highest BCUT2D eigenvalue weighted by Crippen LogP contribution is 2.15. The molecule has 0 spiro atoms. The van der Waals surface area contributed by atoms with Crippen LogP contribution < -0.4 is 10.1 Å². The van der Waals surface area contributed by atoms with E-state index in [1.54, 1.807) is 62.6 Å². The Labute approximate surface area is 122 Å². The average Bonchev–Trinajstić information content (AvgIpc) is 2.54. The molecule has 1 amide bonds. The molecule has 108 valence electrons. The molecule has 0 aliphatic carbocycles. The monoisotopic (exact) mass is 284 g/mol. The fourth-order valence-electron chi connectivity index (χ4n) is 1.82. The van der Waals surface area contributed by atoms with Crippen LogP contribution in [0.25, 0.3) is 0 Å². The van der Waals surface area contributed by atoms with E-state index in [0.717, 1.165) is 5.56 Å². The Bertz CT molecular complexity index is 663. The topological polar surface area (TPSA) is 70.9 Å². The number of nitrogens with zero attached hydrogens (tertiary/aromatic N) is 1.